The van der Waals surface area contributed by atoms with Gasteiger partial charge < -0.3 is 9.47 Å². The molecule has 1 unspecified atom stereocenters. The molecule has 2 heterocycles. The molecule has 0 aromatic rings. The van der Waals surface area contributed by atoms with Crippen molar-refractivity contribution in [3.8, 4) is 0 Å². The van der Waals surface area contributed by atoms with E-state index in [1.54, 1.807) is 0 Å². The first-order valence-electron chi connectivity index (χ1n) is 4.32. The van der Waals surface area contributed by atoms with E-state index in [4.69, 9.17) is 9.47 Å². The minimum Gasteiger partial charge on any atom is -0.469 e. The minimum absolute atomic E-state index is 0.100. The second-order valence-corrected chi connectivity index (χ2v) is 3.28. The zero-order valence-corrected chi connectivity index (χ0v) is 6.91. The summed E-state index contributed by atoms with van der Waals surface area (Å²) in [6, 6.07) is 0. The van der Waals surface area contributed by atoms with E-state index >= 15 is 0 Å². The van der Waals surface area contributed by atoms with Crippen LogP contribution in [0.4, 0.5) is 0 Å². The van der Waals surface area contributed by atoms with Gasteiger partial charge in [0.2, 0.25) is 5.79 Å². The Hall–Kier alpha value is -0.830. The van der Waals surface area contributed by atoms with Gasteiger partial charge in [-0.15, -0.1) is 0 Å². The number of carbonyl (C=O) groups is 1. The van der Waals surface area contributed by atoms with E-state index in [1.807, 2.05) is 0 Å². The minimum atomic E-state index is -0.607. The van der Waals surface area contributed by atoms with Crippen molar-refractivity contribution in [1.29, 1.82) is 0 Å². The van der Waals surface area contributed by atoms with Crippen molar-refractivity contribution < 1.29 is 14.3 Å². The van der Waals surface area contributed by atoms with Gasteiger partial charge in [0, 0.05) is 12.5 Å². The summed E-state index contributed by atoms with van der Waals surface area (Å²) in [5, 5.41) is 0. The maximum Gasteiger partial charge on any atom is 0.216 e. The molecular weight excluding hydrogens is 156 g/mol. The number of hydrogen-bond acceptors (Lipinski definition) is 3. The topological polar surface area (TPSA) is 35.5 Å². The zero-order valence-electron chi connectivity index (χ0n) is 6.91. The summed E-state index contributed by atoms with van der Waals surface area (Å²) in [7, 11) is 0. The van der Waals surface area contributed by atoms with Gasteiger partial charge in [0.05, 0.1) is 19.3 Å². The van der Waals surface area contributed by atoms with Gasteiger partial charge in [-0.25, -0.2) is 0 Å². The fourth-order valence-corrected chi connectivity index (χ4v) is 1.66. The van der Waals surface area contributed by atoms with E-state index in [9.17, 15) is 4.79 Å². The summed E-state index contributed by atoms with van der Waals surface area (Å²) in [4.78, 5) is 11.1. The summed E-state index contributed by atoms with van der Waals surface area (Å²) >= 11 is 0. The van der Waals surface area contributed by atoms with Crippen LogP contribution in [0, 0.1) is 0 Å². The first kappa shape index (κ1) is 7.80. The second-order valence-electron chi connectivity index (χ2n) is 3.28. The van der Waals surface area contributed by atoms with Crippen LogP contribution in [0.1, 0.15) is 25.7 Å². The maximum absolute atomic E-state index is 11.1. The smallest absolute Gasteiger partial charge is 0.216 e. The monoisotopic (exact) mass is 168 g/mol. The molecule has 12 heavy (non-hydrogen) atoms. The largest absolute Gasteiger partial charge is 0.469 e. The molecule has 66 valence electrons. The predicted molar refractivity (Wildman–Crippen MR) is 42.4 cm³/mol. The van der Waals surface area contributed by atoms with Crippen LogP contribution in [0.3, 0.4) is 0 Å². The van der Waals surface area contributed by atoms with Crippen LogP contribution in [0.2, 0.25) is 0 Å². The van der Waals surface area contributed by atoms with Gasteiger partial charge in [0.15, 0.2) is 5.78 Å². The fraction of sp³-hybridized carbons (Fsp3) is 0.667. The van der Waals surface area contributed by atoms with Crippen molar-refractivity contribution in [3.05, 3.63) is 12.3 Å². The lowest BCUT2D eigenvalue weighted by molar-refractivity contribution is -0.232. The molecule has 0 aromatic carbocycles. The maximum atomic E-state index is 11.1. The van der Waals surface area contributed by atoms with Gasteiger partial charge in [-0.3, -0.25) is 4.79 Å². The Bertz CT molecular complexity index is 214. The van der Waals surface area contributed by atoms with Crippen LogP contribution in [-0.4, -0.2) is 18.2 Å². The average Bonchev–Trinajstić information content (AvgIpc) is 2.05. The zero-order chi connectivity index (χ0) is 8.44. The van der Waals surface area contributed by atoms with E-state index in [2.05, 4.69) is 0 Å². The molecule has 0 aliphatic carbocycles. The molecule has 0 saturated carbocycles. The third-order valence-corrected chi connectivity index (χ3v) is 2.30. The molecule has 1 fully saturated rings. The van der Waals surface area contributed by atoms with Crippen molar-refractivity contribution in [1.82, 2.24) is 0 Å². The molecule has 0 radical (unpaired) electrons. The van der Waals surface area contributed by atoms with Crippen LogP contribution < -0.4 is 0 Å². The third kappa shape index (κ3) is 1.37. The SMILES string of the molecule is O=C1C=COC2(CCCCO2)C1. The second kappa shape index (κ2) is 2.90. The molecule has 1 atom stereocenters. The molecule has 3 heteroatoms. The highest BCUT2D eigenvalue weighted by Gasteiger charge is 2.38. The van der Waals surface area contributed by atoms with Crippen LogP contribution in [0.25, 0.3) is 0 Å². The van der Waals surface area contributed by atoms with Gasteiger partial charge in [-0.05, 0) is 12.8 Å². The Balaban J connectivity index is 2.09. The highest BCUT2D eigenvalue weighted by molar-refractivity contribution is 5.90. The Morgan fingerprint density at radius 3 is 3.00 bits per heavy atom. The van der Waals surface area contributed by atoms with E-state index in [1.165, 1.54) is 12.3 Å². The van der Waals surface area contributed by atoms with Crippen molar-refractivity contribution in [2.75, 3.05) is 6.61 Å². The first-order valence-corrected chi connectivity index (χ1v) is 4.32. The standard InChI is InChI=1S/C9H12O3/c10-8-3-6-12-9(7-8)4-1-2-5-11-9/h3,6H,1-2,4-5,7H2. The summed E-state index contributed by atoms with van der Waals surface area (Å²) in [5.41, 5.74) is 0. The normalized spacial score (nSPS) is 35.2. The lowest BCUT2D eigenvalue weighted by Crippen LogP contribution is -2.41. The lowest BCUT2D eigenvalue weighted by atomic mass is 9.98. The van der Waals surface area contributed by atoms with Crippen LogP contribution >= 0.6 is 0 Å². The van der Waals surface area contributed by atoms with Gasteiger partial charge >= 0.3 is 0 Å². The molecule has 2 rings (SSSR count). The van der Waals surface area contributed by atoms with E-state index in [0.29, 0.717) is 13.0 Å². The van der Waals surface area contributed by atoms with Gasteiger partial charge in [0.1, 0.15) is 0 Å². The predicted octanol–water partition coefficient (Wildman–Crippen LogP) is 1.39. The molecule has 2 aliphatic heterocycles. The summed E-state index contributed by atoms with van der Waals surface area (Å²) in [5.74, 6) is -0.507. The highest BCUT2D eigenvalue weighted by atomic mass is 16.7. The summed E-state index contributed by atoms with van der Waals surface area (Å²) in [6.45, 7) is 0.709. The number of ether oxygens (including phenoxy) is 2. The van der Waals surface area contributed by atoms with Crippen molar-refractivity contribution in [2.45, 2.75) is 31.5 Å². The van der Waals surface area contributed by atoms with Crippen molar-refractivity contribution in [2.24, 2.45) is 0 Å². The molecule has 2 aliphatic rings. The van der Waals surface area contributed by atoms with Crippen LogP contribution in [0.5, 0.6) is 0 Å². The number of carbonyl (C=O) groups excluding carboxylic acids is 1. The van der Waals surface area contributed by atoms with E-state index < -0.39 is 5.79 Å². The number of rotatable bonds is 0. The van der Waals surface area contributed by atoms with Crippen molar-refractivity contribution >= 4 is 5.78 Å². The van der Waals surface area contributed by atoms with Crippen molar-refractivity contribution in [3.63, 3.8) is 0 Å². The summed E-state index contributed by atoms with van der Waals surface area (Å²) in [6.07, 6.45) is 6.29. The van der Waals surface area contributed by atoms with Gasteiger partial charge in [-0.1, -0.05) is 0 Å². The third-order valence-electron chi connectivity index (χ3n) is 2.30. The fourth-order valence-electron chi connectivity index (χ4n) is 1.66. The number of allylic oxidation sites excluding steroid dienone is 1. The van der Waals surface area contributed by atoms with Gasteiger partial charge in [-0.2, -0.15) is 0 Å². The Morgan fingerprint density at radius 2 is 2.33 bits per heavy atom. The van der Waals surface area contributed by atoms with E-state index in [-0.39, 0.29) is 5.78 Å². The van der Waals surface area contributed by atoms with Crippen LogP contribution in [0.15, 0.2) is 12.3 Å². The molecule has 1 spiro atoms. The lowest BCUT2D eigenvalue weighted by Gasteiger charge is -2.37. The molecule has 1 saturated heterocycles. The molecule has 0 aromatic heterocycles. The van der Waals surface area contributed by atoms with E-state index in [0.717, 1.165) is 19.3 Å². The Kier molecular flexibility index (Phi) is 1.89. The molecule has 0 N–H and O–H groups in total. The van der Waals surface area contributed by atoms with Crippen LogP contribution in [-0.2, 0) is 14.3 Å². The summed E-state index contributed by atoms with van der Waals surface area (Å²) < 4.78 is 10.8. The molecule has 3 nitrogen and oxygen atoms in total. The van der Waals surface area contributed by atoms with Gasteiger partial charge in [0.25, 0.3) is 0 Å². The molecule has 0 bridgehead atoms. The number of hydrogen-bond donors (Lipinski definition) is 0. The number of ketones is 1. The highest BCUT2D eigenvalue weighted by Crippen LogP contribution is 2.32. The quantitative estimate of drug-likeness (QED) is 0.548. The Morgan fingerprint density at radius 1 is 1.42 bits per heavy atom. The molecule has 0 amide bonds. The first-order chi connectivity index (χ1) is 5.81. The Labute approximate surface area is 71.3 Å². The molecular formula is C9H12O3. The average molecular weight is 168 g/mol.